The van der Waals surface area contributed by atoms with Crippen molar-refractivity contribution >= 4 is 44.9 Å². The van der Waals surface area contributed by atoms with Gasteiger partial charge in [0.2, 0.25) is 0 Å². The Hall–Kier alpha value is -11.8. The van der Waals surface area contributed by atoms with Crippen molar-refractivity contribution in [2.45, 2.75) is 63.2 Å². The summed E-state index contributed by atoms with van der Waals surface area (Å²) in [5.41, 5.74) is 39.2. The Kier molecular flexibility index (Phi) is 12.4. The zero-order valence-corrected chi connectivity index (χ0v) is 57.1. The SMILES string of the molecule is CC1(C)c2ccccc2-c2ccc(N(c3ccc(-c4cccc(-c5cccc6c5-c5ccccc5C65c6ccccc6-c6c(N(c7cccc(-c8ccccc8)c7)c7ccc8c(c7)C(C)(C)c7ccccc7-8)cccc65)c4)cc3)c3ccc4c(c3)C(C)(C)c3ccc5ccccc5c3-4)cc21. The average Bonchev–Trinajstić information content (AvgIpc) is 1.51. The molecule has 0 radical (unpaired) electrons. The molecule has 5 aliphatic carbocycles. The topological polar surface area (TPSA) is 6.48 Å². The highest BCUT2D eigenvalue weighted by atomic mass is 15.2. The molecule has 0 aromatic heterocycles. The predicted molar refractivity (Wildman–Crippen MR) is 419 cm³/mol. The molecule has 0 saturated heterocycles. The monoisotopic (exact) mass is 1280 g/mol. The van der Waals surface area contributed by atoms with E-state index in [0.717, 1.165) is 34.1 Å². The van der Waals surface area contributed by atoms with Gasteiger partial charge in [0.15, 0.2) is 0 Å². The fourth-order valence-electron chi connectivity index (χ4n) is 18.9. The van der Waals surface area contributed by atoms with Crippen LogP contribution in [0.4, 0.5) is 34.1 Å². The highest BCUT2D eigenvalue weighted by Crippen LogP contribution is 2.67. The quantitative estimate of drug-likeness (QED) is 0.142. The summed E-state index contributed by atoms with van der Waals surface area (Å²) in [4.78, 5) is 5.04. The van der Waals surface area contributed by atoms with Crippen LogP contribution in [0.15, 0.2) is 328 Å². The Labute approximate surface area is 586 Å². The lowest BCUT2D eigenvalue weighted by Gasteiger charge is -2.32. The number of anilines is 6. The number of hydrogen-bond donors (Lipinski definition) is 0. The number of fused-ring (bicyclic) bond motifs is 21. The lowest BCUT2D eigenvalue weighted by atomic mass is 9.70. The summed E-state index contributed by atoms with van der Waals surface area (Å²) in [6, 6.07) is 124. The molecule has 2 nitrogen and oxygen atoms in total. The molecule has 15 aromatic rings. The zero-order valence-electron chi connectivity index (χ0n) is 57.1. The standard InChI is InChI=1S/C98H72N2/c1-95(2)81-37-16-12-32-74(81)76-52-49-69(58-88(76)95)99(70-51-54-80-90(59-70)97(5,6)85-55-46-63-26-10-11-31-72(63)92(80)85)67-47-44-62(45-48-67)64-27-20-29-66(56-64)73-36-22-41-86-93(73)78-34-14-18-39-83(78)98(86)84-40-19-15-35-79(84)94-87(98)42-23-43-91(94)100(68-30-21-28-65(57-68)61-24-8-7-9-25-61)71-50-53-77-75-33-13-17-38-82(75)96(3,4)89(77)60-71/h7-60H,1-6H3. The van der Waals surface area contributed by atoms with Gasteiger partial charge >= 0.3 is 0 Å². The minimum Gasteiger partial charge on any atom is -0.310 e. The maximum Gasteiger partial charge on any atom is 0.0726 e. The van der Waals surface area contributed by atoms with Crippen LogP contribution in [-0.4, -0.2) is 0 Å². The molecule has 0 saturated carbocycles. The third-order valence-corrected chi connectivity index (χ3v) is 23.7. The average molecular weight is 1280 g/mol. The number of nitrogens with zero attached hydrogens (tertiary/aromatic N) is 2. The third kappa shape index (κ3) is 8.13. The largest absolute Gasteiger partial charge is 0.310 e. The first-order valence-corrected chi connectivity index (χ1v) is 35.5. The van der Waals surface area contributed by atoms with E-state index in [9.17, 15) is 0 Å². The highest BCUT2D eigenvalue weighted by molar-refractivity contribution is 6.06. The molecule has 1 spiro atoms. The van der Waals surface area contributed by atoms with Crippen LogP contribution in [0.5, 0.6) is 0 Å². The maximum absolute atomic E-state index is 2.55. The molecule has 0 N–H and O–H groups in total. The van der Waals surface area contributed by atoms with E-state index >= 15 is 0 Å². The van der Waals surface area contributed by atoms with E-state index in [1.54, 1.807) is 0 Å². The van der Waals surface area contributed by atoms with Gasteiger partial charge in [-0.1, -0.05) is 296 Å². The van der Waals surface area contributed by atoms with Crippen LogP contribution in [0, 0.1) is 0 Å². The first-order chi connectivity index (χ1) is 48.9. The fraction of sp³-hybridized carbons (Fsp3) is 0.102. The van der Waals surface area contributed by atoms with Crippen molar-refractivity contribution in [3.8, 4) is 89.0 Å². The molecule has 474 valence electrons. The Balaban J connectivity index is 0.711. The van der Waals surface area contributed by atoms with E-state index in [4.69, 9.17) is 0 Å². The van der Waals surface area contributed by atoms with Crippen LogP contribution in [-0.2, 0) is 21.7 Å². The van der Waals surface area contributed by atoms with Crippen LogP contribution in [0.1, 0.15) is 97.2 Å². The fourth-order valence-corrected chi connectivity index (χ4v) is 18.9. The van der Waals surface area contributed by atoms with Gasteiger partial charge in [-0.2, -0.15) is 0 Å². The van der Waals surface area contributed by atoms with Gasteiger partial charge in [0.05, 0.1) is 11.1 Å². The maximum atomic E-state index is 2.55. The second-order valence-electron chi connectivity index (χ2n) is 29.8. The Morgan fingerprint density at radius 3 is 1.27 bits per heavy atom. The normalized spacial score (nSPS) is 15.8. The minimum atomic E-state index is -0.603. The molecular formula is C98H72N2. The van der Waals surface area contributed by atoms with Crippen LogP contribution in [0.3, 0.4) is 0 Å². The van der Waals surface area contributed by atoms with E-state index in [2.05, 4.69) is 379 Å². The van der Waals surface area contributed by atoms with Crippen molar-refractivity contribution in [2.75, 3.05) is 9.80 Å². The zero-order chi connectivity index (χ0) is 67.0. The van der Waals surface area contributed by atoms with Crippen LogP contribution in [0.2, 0.25) is 0 Å². The van der Waals surface area contributed by atoms with Gasteiger partial charge in [0.25, 0.3) is 0 Å². The van der Waals surface area contributed by atoms with Gasteiger partial charge in [0, 0.05) is 50.2 Å². The molecule has 5 aliphatic rings. The smallest absolute Gasteiger partial charge is 0.0726 e. The molecule has 0 heterocycles. The van der Waals surface area contributed by atoms with Gasteiger partial charge in [-0.3, -0.25) is 0 Å². The number of rotatable bonds is 9. The minimum absolute atomic E-state index is 0.156. The second kappa shape index (κ2) is 21.3. The second-order valence-corrected chi connectivity index (χ2v) is 29.8. The molecule has 0 aliphatic heterocycles. The van der Waals surface area contributed by atoms with Gasteiger partial charge in [-0.25, -0.2) is 0 Å². The van der Waals surface area contributed by atoms with Crippen molar-refractivity contribution < 1.29 is 0 Å². The van der Waals surface area contributed by atoms with Gasteiger partial charge in [-0.05, 0) is 223 Å². The summed E-state index contributed by atoms with van der Waals surface area (Å²) >= 11 is 0. The molecule has 100 heavy (non-hydrogen) atoms. The predicted octanol–water partition coefficient (Wildman–Crippen LogP) is 26.0. The van der Waals surface area contributed by atoms with Crippen LogP contribution >= 0.6 is 0 Å². The Morgan fingerprint density at radius 2 is 0.610 bits per heavy atom. The number of benzene rings is 15. The highest BCUT2D eigenvalue weighted by Gasteiger charge is 2.53. The van der Waals surface area contributed by atoms with Crippen molar-refractivity contribution in [1.82, 2.24) is 0 Å². The summed E-state index contributed by atoms with van der Waals surface area (Å²) in [5.74, 6) is 0. The molecule has 0 fully saturated rings. The van der Waals surface area contributed by atoms with E-state index in [0.29, 0.717) is 0 Å². The Morgan fingerprint density at radius 1 is 0.200 bits per heavy atom. The van der Waals surface area contributed by atoms with E-state index < -0.39 is 5.41 Å². The first-order valence-electron chi connectivity index (χ1n) is 35.5. The first kappa shape index (κ1) is 58.3. The van der Waals surface area contributed by atoms with Crippen LogP contribution < -0.4 is 9.80 Å². The molecule has 0 bridgehead atoms. The van der Waals surface area contributed by atoms with Crippen molar-refractivity contribution in [3.63, 3.8) is 0 Å². The molecule has 15 aromatic carbocycles. The lowest BCUT2D eigenvalue weighted by Crippen LogP contribution is -2.26. The van der Waals surface area contributed by atoms with E-state index in [-0.39, 0.29) is 16.2 Å². The molecular weight excluding hydrogens is 1210 g/mol. The van der Waals surface area contributed by atoms with Crippen molar-refractivity contribution in [2.24, 2.45) is 0 Å². The molecule has 0 amide bonds. The van der Waals surface area contributed by atoms with E-state index in [1.165, 1.54) is 155 Å². The lowest BCUT2D eigenvalue weighted by molar-refractivity contribution is 0.660. The summed E-state index contributed by atoms with van der Waals surface area (Å²) in [7, 11) is 0. The molecule has 20 rings (SSSR count). The Bertz CT molecular complexity index is 5960. The molecule has 1 atom stereocenters. The number of hydrogen-bond acceptors (Lipinski definition) is 2. The van der Waals surface area contributed by atoms with Crippen molar-refractivity contribution in [3.05, 3.63) is 383 Å². The van der Waals surface area contributed by atoms with Gasteiger partial charge in [-0.15, -0.1) is 0 Å². The van der Waals surface area contributed by atoms with E-state index in [1.807, 2.05) is 0 Å². The molecule has 1 unspecified atom stereocenters. The summed E-state index contributed by atoms with van der Waals surface area (Å²) in [5, 5.41) is 2.59. The summed E-state index contributed by atoms with van der Waals surface area (Å²) in [6.07, 6.45) is 0. The molecule has 2 heteroatoms. The van der Waals surface area contributed by atoms with Gasteiger partial charge < -0.3 is 9.80 Å². The summed E-state index contributed by atoms with van der Waals surface area (Å²) in [6.45, 7) is 14.3. The summed E-state index contributed by atoms with van der Waals surface area (Å²) < 4.78 is 0. The third-order valence-electron chi connectivity index (χ3n) is 23.7. The van der Waals surface area contributed by atoms with Gasteiger partial charge in [0.1, 0.15) is 0 Å². The van der Waals surface area contributed by atoms with Crippen LogP contribution in [0.25, 0.3) is 99.8 Å². The van der Waals surface area contributed by atoms with Crippen molar-refractivity contribution in [1.29, 1.82) is 0 Å².